The molecule has 0 heterocycles. The Morgan fingerprint density at radius 3 is 2.30 bits per heavy atom. The van der Waals surface area contributed by atoms with E-state index in [0.29, 0.717) is 5.69 Å². The minimum atomic E-state index is -0.692. The van der Waals surface area contributed by atoms with Gasteiger partial charge in [0, 0.05) is 28.8 Å². The number of halogens is 1. The lowest BCUT2D eigenvalue weighted by atomic mass is 10.1. The number of amides is 2. The van der Waals surface area contributed by atoms with Crippen LogP contribution in [0.3, 0.4) is 0 Å². The molecule has 23 heavy (non-hydrogen) atoms. The average molecular weight is 378 g/mol. The number of anilines is 1. The summed E-state index contributed by atoms with van der Waals surface area (Å²) in [6, 6.07) is 10.5. The third-order valence-electron chi connectivity index (χ3n) is 3.03. The van der Waals surface area contributed by atoms with Gasteiger partial charge in [-0.1, -0.05) is 15.9 Å². The average Bonchev–Trinajstić information content (AvgIpc) is 2.55. The number of hydrogen-bond acceptors (Lipinski definition) is 4. The van der Waals surface area contributed by atoms with E-state index in [9.17, 15) is 19.7 Å². The molecule has 0 atom stereocenters. The summed E-state index contributed by atoms with van der Waals surface area (Å²) in [5.74, 6) is -1.09. The summed E-state index contributed by atoms with van der Waals surface area (Å²) in [4.78, 5) is 34.3. The molecule has 2 aromatic carbocycles. The van der Waals surface area contributed by atoms with E-state index >= 15 is 0 Å². The van der Waals surface area contributed by atoms with Crippen LogP contribution in [0.5, 0.6) is 0 Å². The predicted molar refractivity (Wildman–Crippen MR) is 88.6 cm³/mol. The van der Waals surface area contributed by atoms with Crippen LogP contribution in [0.25, 0.3) is 0 Å². The van der Waals surface area contributed by atoms with Crippen molar-refractivity contribution in [1.29, 1.82) is 0 Å². The van der Waals surface area contributed by atoms with Gasteiger partial charge >= 0.3 is 0 Å². The van der Waals surface area contributed by atoms with Crippen LogP contribution in [0.4, 0.5) is 11.4 Å². The number of nitrogens with one attached hydrogen (secondary N) is 2. The van der Waals surface area contributed by atoms with Crippen LogP contribution in [0.2, 0.25) is 0 Å². The lowest BCUT2D eigenvalue weighted by Crippen LogP contribution is -2.19. The van der Waals surface area contributed by atoms with Crippen molar-refractivity contribution in [1.82, 2.24) is 5.32 Å². The van der Waals surface area contributed by atoms with Crippen LogP contribution in [0.15, 0.2) is 46.9 Å². The van der Waals surface area contributed by atoms with Crippen molar-refractivity contribution >= 4 is 39.1 Å². The number of nitrogens with zero attached hydrogens (tertiary/aromatic N) is 1. The van der Waals surface area contributed by atoms with Crippen LogP contribution < -0.4 is 10.6 Å². The van der Waals surface area contributed by atoms with E-state index in [2.05, 4.69) is 26.6 Å². The Morgan fingerprint density at radius 2 is 1.74 bits per heavy atom. The van der Waals surface area contributed by atoms with Gasteiger partial charge in [-0.3, -0.25) is 19.7 Å². The maximum Gasteiger partial charge on any atom is 0.282 e. The summed E-state index contributed by atoms with van der Waals surface area (Å²) < 4.78 is 0.844. The van der Waals surface area contributed by atoms with Crippen LogP contribution in [-0.2, 0) is 0 Å². The minimum absolute atomic E-state index is 0.111. The van der Waals surface area contributed by atoms with Gasteiger partial charge < -0.3 is 10.6 Å². The van der Waals surface area contributed by atoms with E-state index in [1.54, 1.807) is 24.3 Å². The topological polar surface area (TPSA) is 101 Å². The molecule has 0 radical (unpaired) electrons. The van der Waals surface area contributed by atoms with E-state index < -0.39 is 22.4 Å². The molecule has 0 aliphatic rings. The Hall–Kier alpha value is -2.74. The van der Waals surface area contributed by atoms with Gasteiger partial charge in [-0.25, -0.2) is 0 Å². The highest BCUT2D eigenvalue weighted by molar-refractivity contribution is 9.10. The fourth-order valence-electron chi connectivity index (χ4n) is 1.89. The third kappa shape index (κ3) is 3.92. The molecular formula is C15H12BrN3O4. The van der Waals surface area contributed by atoms with Crippen molar-refractivity contribution in [2.45, 2.75) is 0 Å². The van der Waals surface area contributed by atoms with Crippen molar-refractivity contribution in [2.24, 2.45) is 0 Å². The zero-order valence-electron chi connectivity index (χ0n) is 12.0. The Kier molecular flexibility index (Phi) is 5.07. The molecule has 2 rings (SSSR count). The zero-order chi connectivity index (χ0) is 17.0. The van der Waals surface area contributed by atoms with Crippen LogP contribution in [0, 0.1) is 10.1 Å². The summed E-state index contributed by atoms with van der Waals surface area (Å²) in [6.45, 7) is 0. The molecule has 0 aliphatic carbocycles. The zero-order valence-corrected chi connectivity index (χ0v) is 13.6. The lowest BCUT2D eigenvalue weighted by molar-refractivity contribution is -0.385. The molecule has 0 spiro atoms. The van der Waals surface area contributed by atoms with E-state index in [4.69, 9.17) is 0 Å². The summed E-state index contributed by atoms with van der Waals surface area (Å²) in [7, 11) is 1.42. The largest absolute Gasteiger partial charge is 0.355 e. The van der Waals surface area contributed by atoms with Crippen molar-refractivity contribution in [3.05, 3.63) is 68.2 Å². The van der Waals surface area contributed by atoms with Crippen molar-refractivity contribution in [2.75, 3.05) is 12.4 Å². The van der Waals surface area contributed by atoms with Gasteiger partial charge in [0.05, 0.1) is 4.92 Å². The van der Waals surface area contributed by atoms with E-state index in [1.807, 2.05) is 0 Å². The fourth-order valence-corrected chi connectivity index (χ4v) is 2.16. The molecule has 0 saturated heterocycles. The maximum atomic E-state index is 12.2. The molecular weight excluding hydrogens is 366 g/mol. The standard InChI is InChI=1S/C15H12BrN3O4/c1-17-14(20)9-2-7-12(13(8-9)19(22)23)15(21)18-11-5-3-10(16)4-6-11/h2-8H,1H3,(H,17,20)(H,18,21). The van der Waals surface area contributed by atoms with Crippen molar-refractivity contribution < 1.29 is 14.5 Å². The van der Waals surface area contributed by atoms with Gasteiger partial charge in [-0.05, 0) is 36.4 Å². The quantitative estimate of drug-likeness (QED) is 0.631. The fraction of sp³-hybridized carbons (Fsp3) is 0.0667. The first-order valence-corrected chi connectivity index (χ1v) is 7.29. The van der Waals surface area contributed by atoms with Gasteiger partial charge in [0.2, 0.25) is 0 Å². The molecule has 0 saturated carbocycles. The Labute approximate surface area is 140 Å². The normalized spacial score (nSPS) is 10.0. The number of nitro benzene ring substituents is 1. The molecule has 118 valence electrons. The number of hydrogen-bond donors (Lipinski definition) is 2. The van der Waals surface area contributed by atoms with Gasteiger partial charge in [-0.2, -0.15) is 0 Å². The van der Waals surface area contributed by atoms with Crippen molar-refractivity contribution in [3.63, 3.8) is 0 Å². The van der Waals surface area contributed by atoms with Gasteiger partial charge in [0.25, 0.3) is 17.5 Å². The smallest absolute Gasteiger partial charge is 0.282 e. The molecule has 0 bridgehead atoms. The molecule has 0 fully saturated rings. The second-order valence-corrected chi connectivity index (χ2v) is 5.44. The minimum Gasteiger partial charge on any atom is -0.355 e. The van der Waals surface area contributed by atoms with E-state index in [1.165, 1.54) is 19.2 Å². The second-order valence-electron chi connectivity index (χ2n) is 4.53. The molecule has 0 aliphatic heterocycles. The molecule has 2 amide bonds. The SMILES string of the molecule is CNC(=O)c1ccc(C(=O)Nc2ccc(Br)cc2)c([N+](=O)[O-])c1. The Balaban J connectivity index is 2.33. The van der Waals surface area contributed by atoms with Crippen molar-refractivity contribution in [3.8, 4) is 0 Å². The van der Waals surface area contributed by atoms with Gasteiger partial charge in [0.1, 0.15) is 5.56 Å². The predicted octanol–water partition coefficient (Wildman–Crippen LogP) is 2.97. The molecule has 8 heteroatoms. The molecule has 7 nitrogen and oxygen atoms in total. The highest BCUT2D eigenvalue weighted by Crippen LogP contribution is 2.22. The summed E-state index contributed by atoms with van der Waals surface area (Å²) in [5, 5.41) is 16.1. The molecule has 0 aromatic heterocycles. The highest BCUT2D eigenvalue weighted by atomic mass is 79.9. The van der Waals surface area contributed by atoms with Crippen LogP contribution >= 0.6 is 15.9 Å². The van der Waals surface area contributed by atoms with E-state index in [0.717, 1.165) is 10.5 Å². The third-order valence-corrected chi connectivity index (χ3v) is 3.56. The number of rotatable bonds is 4. The van der Waals surface area contributed by atoms with E-state index in [-0.39, 0.29) is 11.1 Å². The lowest BCUT2D eigenvalue weighted by Gasteiger charge is -2.07. The summed E-state index contributed by atoms with van der Waals surface area (Å²) in [6.07, 6.45) is 0. The number of carbonyl (C=O) groups excluding carboxylic acids is 2. The Morgan fingerprint density at radius 1 is 1.09 bits per heavy atom. The van der Waals surface area contributed by atoms with Crippen LogP contribution in [-0.4, -0.2) is 23.8 Å². The first-order valence-electron chi connectivity index (χ1n) is 6.50. The van der Waals surface area contributed by atoms with Gasteiger partial charge in [0.15, 0.2) is 0 Å². The second kappa shape index (κ2) is 7.01. The summed E-state index contributed by atoms with van der Waals surface area (Å²) in [5.41, 5.74) is 0.0635. The number of nitro groups is 1. The summed E-state index contributed by atoms with van der Waals surface area (Å²) >= 11 is 3.28. The number of carbonyl (C=O) groups is 2. The van der Waals surface area contributed by atoms with Gasteiger partial charge in [-0.15, -0.1) is 0 Å². The van der Waals surface area contributed by atoms with Crippen LogP contribution in [0.1, 0.15) is 20.7 Å². The molecule has 2 aromatic rings. The monoisotopic (exact) mass is 377 g/mol. The first-order chi connectivity index (χ1) is 10.9. The highest BCUT2D eigenvalue weighted by Gasteiger charge is 2.22. The number of benzene rings is 2. The first kappa shape index (κ1) is 16.6. The maximum absolute atomic E-state index is 12.2. The Bertz CT molecular complexity index is 775. The molecule has 0 unspecified atom stereocenters. The molecule has 2 N–H and O–H groups in total.